The standard InChI is InChI=1S/C13H21N3S/c1-4-12(14-5-2)10(3)8-11-9-16-6-7-17-13(16)15-11/h6-7,9-10,12,14H,4-5,8H2,1-3H3. The van der Waals surface area contributed by atoms with Crippen LogP contribution in [0.5, 0.6) is 0 Å². The number of fused-ring (bicyclic) bond motifs is 1. The van der Waals surface area contributed by atoms with E-state index in [1.807, 2.05) is 0 Å². The van der Waals surface area contributed by atoms with Crippen molar-refractivity contribution in [3.8, 4) is 0 Å². The van der Waals surface area contributed by atoms with Crippen molar-refractivity contribution in [1.82, 2.24) is 14.7 Å². The molecule has 0 spiro atoms. The minimum Gasteiger partial charge on any atom is -0.314 e. The Morgan fingerprint density at radius 3 is 2.94 bits per heavy atom. The Morgan fingerprint density at radius 2 is 2.29 bits per heavy atom. The summed E-state index contributed by atoms with van der Waals surface area (Å²) in [6, 6.07) is 0.597. The molecule has 0 aliphatic rings. The van der Waals surface area contributed by atoms with Gasteiger partial charge in [0.1, 0.15) is 0 Å². The van der Waals surface area contributed by atoms with Crippen molar-refractivity contribution in [2.24, 2.45) is 5.92 Å². The number of rotatable bonds is 6. The first-order valence-corrected chi connectivity index (χ1v) is 7.27. The van der Waals surface area contributed by atoms with Gasteiger partial charge in [-0.2, -0.15) is 0 Å². The highest BCUT2D eigenvalue weighted by Crippen LogP contribution is 2.17. The van der Waals surface area contributed by atoms with Crippen molar-refractivity contribution in [2.45, 2.75) is 39.7 Å². The molecule has 0 radical (unpaired) electrons. The van der Waals surface area contributed by atoms with E-state index in [1.165, 1.54) is 12.1 Å². The zero-order valence-corrected chi connectivity index (χ0v) is 11.6. The molecule has 0 saturated carbocycles. The highest BCUT2D eigenvalue weighted by atomic mass is 32.1. The van der Waals surface area contributed by atoms with Gasteiger partial charge in [0.25, 0.3) is 0 Å². The molecule has 2 heterocycles. The first-order valence-electron chi connectivity index (χ1n) is 6.39. The fraction of sp³-hybridized carbons (Fsp3) is 0.615. The van der Waals surface area contributed by atoms with Crippen molar-refractivity contribution < 1.29 is 0 Å². The molecule has 0 bridgehead atoms. The van der Waals surface area contributed by atoms with Crippen LogP contribution in [0, 0.1) is 5.92 Å². The molecule has 0 aromatic carbocycles. The molecule has 0 amide bonds. The number of thiazole rings is 1. The number of hydrogen-bond donors (Lipinski definition) is 1. The highest BCUT2D eigenvalue weighted by Gasteiger charge is 2.16. The molecule has 2 unspecified atom stereocenters. The summed E-state index contributed by atoms with van der Waals surface area (Å²) >= 11 is 1.70. The first kappa shape index (κ1) is 12.6. The van der Waals surface area contributed by atoms with E-state index in [0.717, 1.165) is 17.9 Å². The van der Waals surface area contributed by atoms with Crippen LogP contribution in [0.2, 0.25) is 0 Å². The van der Waals surface area contributed by atoms with Gasteiger partial charge in [-0.1, -0.05) is 20.8 Å². The van der Waals surface area contributed by atoms with Crippen LogP contribution in [-0.2, 0) is 6.42 Å². The molecule has 4 heteroatoms. The first-order chi connectivity index (χ1) is 8.24. The molecule has 3 nitrogen and oxygen atoms in total. The second-order valence-electron chi connectivity index (χ2n) is 4.58. The SMILES string of the molecule is CCNC(CC)C(C)Cc1cn2ccsc2n1. The van der Waals surface area contributed by atoms with Crippen LogP contribution >= 0.6 is 11.3 Å². The lowest BCUT2D eigenvalue weighted by Gasteiger charge is -2.22. The molecule has 0 fully saturated rings. The largest absolute Gasteiger partial charge is 0.314 e. The Bertz CT molecular complexity index is 431. The number of nitrogens with one attached hydrogen (secondary N) is 1. The third kappa shape index (κ3) is 2.87. The Morgan fingerprint density at radius 1 is 1.47 bits per heavy atom. The smallest absolute Gasteiger partial charge is 0.193 e. The minimum atomic E-state index is 0.597. The van der Waals surface area contributed by atoms with Gasteiger partial charge in [0, 0.05) is 23.8 Å². The molecule has 94 valence electrons. The van der Waals surface area contributed by atoms with E-state index >= 15 is 0 Å². The van der Waals surface area contributed by atoms with Gasteiger partial charge in [0.05, 0.1) is 5.69 Å². The molecule has 2 rings (SSSR count). The van der Waals surface area contributed by atoms with Crippen molar-refractivity contribution in [1.29, 1.82) is 0 Å². The number of nitrogens with zero attached hydrogens (tertiary/aromatic N) is 2. The minimum absolute atomic E-state index is 0.597. The Kier molecular flexibility index (Phi) is 4.18. The molecule has 0 saturated heterocycles. The van der Waals surface area contributed by atoms with Gasteiger partial charge < -0.3 is 5.32 Å². The van der Waals surface area contributed by atoms with Crippen LogP contribution in [0.1, 0.15) is 32.9 Å². The van der Waals surface area contributed by atoms with Crippen molar-refractivity contribution in [2.75, 3.05) is 6.54 Å². The summed E-state index contributed by atoms with van der Waals surface area (Å²) in [7, 11) is 0. The molecule has 2 aromatic rings. The van der Waals surface area contributed by atoms with Crippen molar-refractivity contribution in [3.05, 3.63) is 23.5 Å². The Labute approximate surface area is 107 Å². The average molecular weight is 251 g/mol. The normalized spacial score (nSPS) is 15.2. The highest BCUT2D eigenvalue weighted by molar-refractivity contribution is 7.15. The molecule has 17 heavy (non-hydrogen) atoms. The van der Waals surface area contributed by atoms with E-state index in [4.69, 9.17) is 0 Å². The second-order valence-corrected chi connectivity index (χ2v) is 5.45. The van der Waals surface area contributed by atoms with E-state index in [-0.39, 0.29) is 0 Å². The van der Waals surface area contributed by atoms with Crippen molar-refractivity contribution >= 4 is 16.3 Å². The van der Waals surface area contributed by atoms with Gasteiger partial charge in [-0.05, 0) is 25.3 Å². The molecule has 2 atom stereocenters. The summed E-state index contributed by atoms with van der Waals surface area (Å²) < 4.78 is 2.11. The summed E-state index contributed by atoms with van der Waals surface area (Å²) in [6.45, 7) is 7.77. The molecular weight excluding hydrogens is 230 g/mol. The van der Waals surface area contributed by atoms with E-state index in [1.54, 1.807) is 11.3 Å². The summed E-state index contributed by atoms with van der Waals surface area (Å²) in [6.07, 6.45) is 6.46. The van der Waals surface area contributed by atoms with Crippen LogP contribution in [0.25, 0.3) is 4.96 Å². The van der Waals surface area contributed by atoms with Crippen LogP contribution in [0.4, 0.5) is 0 Å². The number of imidazole rings is 1. The molecule has 0 aliphatic carbocycles. The summed E-state index contributed by atoms with van der Waals surface area (Å²) in [5.74, 6) is 0.629. The maximum atomic E-state index is 4.64. The van der Waals surface area contributed by atoms with Gasteiger partial charge in [-0.3, -0.25) is 4.40 Å². The lowest BCUT2D eigenvalue weighted by atomic mass is 9.95. The predicted octanol–water partition coefficient (Wildman–Crippen LogP) is 2.96. The zero-order valence-electron chi connectivity index (χ0n) is 10.8. The quantitative estimate of drug-likeness (QED) is 0.855. The van der Waals surface area contributed by atoms with Gasteiger partial charge in [-0.15, -0.1) is 11.3 Å². The monoisotopic (exact) mass is 251 g/mol. The van der Waals surface area contributed by atoms with Crippen LogP contribution in [0.3, 0.4) is 0 Å². The molecule has 2 aromatic heterocycles. The average Bonchev–Trinajstić information content (AvgIpc) is 2.85. The fourth-order valence-electron chi connectivity index (χ4n) is 2.36. The maximum absolute atomic E-state index is 4.64. The lowest BCUT2D eigenvalue weighted by molar-refractivity contribution is 0.369. The molecule has 1 N–H and O–H groups in total. The van der Waals surface area contributed by atoms with Crippen LogP contribution in [-0.4, -0.2) is 22.0 Å². The Hall–Kier alpha value is -0.870. The third-order valence-corrected chi connectivity index (χ3v) is 4.04. The van der Waals surface area contributed by atoms with Gasteiger partial charge in [0.2, 0.25) is 0 Å². The molecule has 0 aliphatic heterocycles. The van der Waals surface area contributed by atoms with Gasteiger partial charge in [-0.25, -0.2) is 4.98 Å². The van der Waals surface area contributed by atoms with Crippen LogP contribution < -0.4 is 5.32 Å². The second kappa shape index (κ2) is 5.65. The van der Waals surface area contributed by atoms with Gasteiger partial charge >= 0.3 is 0 Å². The Balaban J connectivity index is 2.02. The van der Waals surface area contributed by atoms with E-state index in [0.29, 0.717) is 12.0 Å². The van der Waals surface area contributed by atoms with E-state index in [2.05, 4.69) is 53.2 Å². The van der Waals surface area contributed by atoms with E-state index in [9.17, 15) is 0 Å². The topological polar surface area (TPSA) is 29.3 Å². The number of hydrogen-bond acceptors (Lipinski definition) is 3. The zero-order chi connectivity index (χ0) is 12.3. The third-order valence-electron chi connectivity index (χ3n) is 3.27. The summed E-state index contributed by atoms with van der Waals surface area (Å²) in [5, 5.41) is 5.62. The number of aromatic nitrogens is 2. The van der Waals surface area contributed by atoms with Gasteiger partial charge in [0.15, 0.2) is 4.96 Å². The fourth-order valence-corrected chi connectivity index (χ4v) is 3.08. The molecular formula is C13H21N3S. The summed E-state index contributed by atoms with van der Waals surface area (Å²) in [5.41, 5.74) is 1.21. The van der Waals surface area contributed by atoms with Crippen molar-refractivity contribution in [3.63, 3.8) is 0 Å². The van der Waals surface area contributed by atoms with Crippen LogP contribution in [0.15, 0.2) is 17.8 Å². The maximum Gasteiger partial charge on any atom is 0.193 e. The lowest BCUT2D eigenvalue weighted by Crippen LogP contribution is -2.35. The van der Waals surface area contributed by atoms with E-state index < -0.39 is 0 Å². The summed E-state index contributed by atoms with van der Waals surface area (Å²) in [4.78, 5) is 5.74. The predicted molar refractivity (Wildman–Crippen MR) is 73.7 cm³/mol.